The van der Waals surface area contributed by atoms with Crippen molar-refractivity contribution in [2.24, 2.45) is 7.05 Å². The molecule has 1 aliphatic heterocycles. The van der Waals surface area contributed by atoms with Crippen LogP contribution in [0.3, 0.4) is 0 Å². The standard InChI is InChI=1S/C14H24N4O/c1-11-9-12(18(3)16-11)10-15-14(19)13-7-5-4-6-8-17(13)2/h9,13H,4-8,10H2,1-3H3,(H,15,19). The van der Waals surface area contributed by atoms with Crippen LogP contribution in [-0.2, 0) is 18.4 Å². The number of hydrogen-bond acceptors (Lipinski definition) is 3. The Hall–Kier alpha value is -1.36. The highest BCUT2D eigenvalue weighted by atomic mass is 16.2. The number of amides is 1. The largest absolute Gasteiger partial charge is 0.349 e. The van der Waals surface area contributed by atoms with E-state index in [0.29, 0.717) is 6.54 Å². The number of rotatable bonds is 3. The molecule has 1 fully saturated rings. The van der Waals surface area contributed by atoms with Crippen LogP contribution >= 0.6 is 0 Å². The molecular formula is C14H24N4O. The predicted molar refractivity (Wildman–Crippen MR) is 74.7 cm³/mol. The molecule has 1 N–H and O–H groups in total. The summed E-state index contributed by atoms with van der Waals surface area (Å²) in [6.45, 7) is 3.54. The van der Waals surface area contributed by atoms with Crippen LogP contribution in [0.1, 0.15) is 37.1 Å². The first-order valence-corrected chi connectivity index (χ1v) is 7.05. The van der Waals surface area contributed by atoms with Gasteiger partial charge in [0.2, 0.25) is 5.91 Å². The highest BCUT2D eigenvalue weighted by molar-refractivity contribution is 5.81. The van der Waals surface area contributed by atoms with Crippen LogP contribution in [0.15, 0.2) is 6.07 Å². The van der Waals surface area contributed by atoms with E-state index >= 15 is 0 Å². The number of likely N-dealkylation sites (tertiary alicyclic amines) is 1. The minimum absolute atomic E-state index is 0.0248. The van der Waals surface area contributed by atoms with Gasteiger partial charge in [0.15, 0.2) is 0 Å². The van der Waals surface area contributed by atoms with Crippen LogP contribution in [0, 0.1) is 6.92 Å². The van der Waals surface area contributed by atoms with Crippen molar-refractivity contribution in [2.45, 2.75) is 45.2 Å². The number of carbonyl (C=O) groups excluding carboxylic acids is 1. The maximum atomic E-state index is 12.3. The summed E-state index contributed by atoms with van der Waals surface area (Å²) in [7, 11) is 3.95. The van der Waals surface area contributed by atoms with Gasteiger partial charge < -0.3 is 5.32 Å². The van der Waals surface area contributed by atoms with Crippen molar-refractivity contribution >= 4 is 5.91 Å². The second-order valence-corrected chi connectivity index (χ2v) is 5.46. The molecule has 0 aliphatic carbocycles. The molecule has 0 radical (unpaired) electrons. The second-order valence-electron chi connectivity index (χ2n) is 5.46. The predicted octanol–water partition coefficient (Wildman–Crippen LogP) is 1.22. The topological polar surface area (TPSA) is 50.2 Å². The third-order valence-corrected chi connectivity index (χ3v) is 3.87. The first kappa shape index (κ1) is 14.1. The Morgan fingerprint density at radius 2 is 2.21 bits per heavy atom. The van der Waals surface area contributed by atoms with Crippen LogP contribution < -0.4 is 5.32 Å². The zero-order valence-electron chi connectivity index (χ0n) is 12.1. The summed E-state index contributed by atoms with van der Waals surface area (Å²) < 4.78 is 1.83. The van der Waals surface area contributed by atoms with Crippen molar-refractivity contribution in [1.29, 1.82) is 0 Å². The SMILES string of the molecule is Cc1cc(CNC(=O)C2CCCCCN2C)n(C)n1. The number of nitrogens with one attached hydrogen (secondary N) is 1. The fourth-order valence-electron chi connectivity index (χ4n) is 2.71. The molecule has 2 heterocycles. The van der Waals surface area contributed by atoms with Gasteiger partial charge in [-0.15, -0.1) is 0 Å². The third kappa shape index (κ3) is 3.56. The van der Waals surface area contributed by atoms with Gasteiger partial charge in [0, 0.05) is 7.05 Å². The fraction of sp³-hybridized carbons (Fsp3) is 0.714. The number of likely N-dealkylation sites (N-methyl/N-ethyl adjacent to an activating group) is 1. The van der Waals surface area contributed by atoms with Gasteiger partial charge in [-0.1, -0.05) is 12.8 Å². The van der Waals surface area contributed by atoms with Crippen LogP contribution in [0.2, 0.25) is 0 Å². The molecule has 0 aromatic carbocycles. The maximum absolute atomic E-state index is 12.3. The van der Waals surface area contributed by atoms with Crippen LogP contribution in [-0.4, -0.2) is 40.2 Å². The summed E-state index contributed by atoms with van der Waals surface area (Å²) in [5, 5.41) is 7.33. The molecule has 2 rings (SSSR count). The molecule has 1 aromatic heterocycles. The molecule has 0 bridgehead atoms. The van der Waals surface area contributed by atoms with Gasteiger partial charge in [0.05, 0.1) is 24.0 Å². The molecule has 19 heavy (non-hydrogen) atoms. The Bertz CT molecular complexity index is 441. The number of aryl methyl sites for hydroxylation is 2. The van der Waals surface area contributed by atoms with Gasteiger partial charge in [-0.2, -0.15) is 5.10 Å². The zero-order chi connectivity index (χ0) is 13.8. The third-order valence-electron chi connectivity index (χ3n) is 3.87. The zero-order valence-corrected chi connectivity index (χ0v) is 12.1. The van der Waals surface area contributed by atoms with Crippen LogP contribution in [0.25, 0.3) is 0 Å². The van der Waals surface area contributed by atoms with E-state index in [2.05, 4.69) is 15.3 Å². The monoisotopic (exact) mass is 264 g/mol. The minimum atomic E-state index is 0.0248. The maximum Gasteiger partial charge on any atom is 0.237 e. The van der Waals surface area contributed by atoms with Gasteiger partial charge in [-0.05, 0) is 39.4 Å². The van der Waals surface area contributed by atoms with Crippen molar-refractivity contribution in [1.82, 2.24) is 20.0 Å². The molecular weight excluding hydrogens is 240 g/mol. The summed E-state index contributed by atoms with van der Waals surface area (Å²) in [4.78, 5) is 14.4. The van der Waals surface area contributed by atoms with Gasteiger partial charge in [-0.3, -0.25) is 14.4 Å². The van der Waals surface area contributed by atoms with Gasteiger partial charge in [0.25, 0.3) is 0 Å². The summed E-state index contributed by atoms with van der Waals surface area (Å²) in [6.07, 6.45) is 4.54. The lowest BCUT2D eigenvalue weighted by Crippen LogP contribution is -2.44. The highest BCUT2D eigenvalue weighted by Crippen LogP contribution is 2.15. The lowest BCUT2D eigenvalue weighted by atomic mass is 10.1. The first-order valence-electron chi connectivity index (χ1n) is 7.05. The average molecular weight is 264 g/mol. The second kappa shape index (κ2) is 6.19. The van der Waals surface area contributed by atoms with Crippen LogP contribution in [0.4, 0.5) is 0 Å². The highest BCUT2D eigenvalue weighted by Gasteiger charge is 2.24. The lowest BCUT2D eigenvalue weighted by molar-refractivity contribution is -0.126. The first-order chi connectivity index (χ1) is 9.08. The van der Waals surface area contributed by atoms with Gasteiger partial charge >= 0.3 is 0 Å². The molecule has 0 saturated carbocycles. The number of hydrogen-bond donors (Lipinski definition) is 1. The molecule has 1 amide bonds. The smallest absolute Gasteiger partial charge is 0.237 e. The van der Waals surface area contributed by atoms with E-state index in [1.54, 1.807) is 0 Å². The number of carbonyl (C=O) groups is 1. The van der Waals surface area contributed by atoms with E-state index in [4.69, 9.17) is 0 Å². The number of aromatic nitrogens is 2. The fourth-order valence-corrected chi connectivity index (χ4v) is 2.71. The minimum Gasteiger partial charge on any atom is -0.349 e. The summed E-state index contributed by atoms with van der Waals surface area (Å²) in [5.41, 5.74) is 2.03. The Balaban J connectivity index is 1.91. The van der Waals surface area contributed by atoms with E-state index in [-0.39, 0.29) is 11.9 Å². The van der Waals surface area contributed by atoms with Crippen molar-refractivity contribution < 1.29 is 4.79 Å². The summed E-state index contributed by atoms with van der Waals surface area (Å²) in [5.74, 6) is 0.142. The Kier molecular flexibility index (Phi) is 4.58. The molecule has 5 nitrogen and oxygen atoms in total. The van der Waals surface area contributed by atoms with E-state index in [0.717, 1.165) is 30.8 Å². The number of nitrogens with zero attached hydrogens (tertiary/aromatic N) is 3. The average Bonchev–Trinajstić information content (AvgIpc) is 2.56. The summed E-state index contributed by atoms with van der Waals surface area (Å²) >= 11 is 0. The molecule has 5 heteroatoms. The Morgan fingerprint density at radius 3 is 2.89 bits per heavy atom. The van der Waals surface area contributed by atoms with Crippen molar-refractivity contribution in [2.75, 3.05) is 13.6 Å². The quantitative estimate of drug-likeness (QED) is 0.893. The Morgan fingerprint density at radius 1 is 1.42 bits per heavy atom. The molecule has 1 saturated heterocycles. The van der Waals surface area contributed by atoms with Crippen molar-refractivity contribution in [3.05, 3.63) is 17.5 Å². The summed E-state index contributed by atoms with van der Waals surface area (Å²) in [6, 6.07) is 2.04. The van der Waals surface area contributed by atoms with E-state index < -0.39 is 0 Å². The lowest BCUT2D eigenvalue weighted by Gasteiger charge is -2.24. The molecule has 1 unspecified atom stereocenters. The molecule has 1 aliphatic rings. The molecule has 106 valence electrons. The normalized spacial score (nSPS) is 21.1. The van der Waals surface area contributed by atoms with Gasteiger partial charge in [0.1, 0.15) is 0 Å². The molecule has 0 spiro atoms. The van der Waals surface area contributed by atoms with E-state index in [9.17, 15) is 4.79 Å². The molecule has 1 atom stereocenters. The van der Waals surface area contributed by atoms with Crippen molar-refractivity contribution in [3.63, 3.8) is 0 Å². The molecule has 1 aromatic rings. The van der Waals surface area contributed by atoms with E-state index in [1.165, 1.54) is 12.8 Å². The van der Waals surface area contributed by atoms with Gasteiger partial charge in [-0.25, -0.2) is 0 Å². The Labute approximate surface area is 115 Å². The van der Waals surface area contributed by atoms with Crippen LogP contribution in [0.5, 0.6) is 0 Å². The van der Waals surface area contributed by atoms with Crippen molar-refractivity contribution in [3.8, 4) is 0 Å². The van der Waals surface area contributed by atoms with E-state index in [1.807, 2.05) is 31.8 Å².